The number of halogens is 1. The highest BCUT2D eigenvalue weighted by atomic mass is 79.9. The average Bonchev–Trinajstić information content (AvgIpc) is 2.53. The molecule has 1 saturated carbocycles. The van der Waals surface area contributed by atoms with Gasteiger partial charge in [0.2, 0.25) is 5.91 Å². The molecule has 0 aromatic rings. The van der Waals surface area contributed by atoms with Crippen molar-refractivity contribution >= 4 is 21.8 Å². The van der Waals surface area contributed by atoms with Crippen LogP contribution in [-0.4, -0.2) is 16.3 Å². The molecule has 1 N–H and O–H groups in total. The first kappa shape index (κ1) is 11.0. The van der Waals surface area contributed by atoms with Crippen molar-refractivity contribution in [3.8, 4) is 0 Å². The summed E-state index contributed by atoms with van der Waals surface area (Å²) in [4.78, 5) is 11.8. The van der Waals surface area contributed by atoms with Gasteiger partial charge in [-0.15, -0.1) is 0 Å². The molecule has 13 heavy (non-hydrogen) atoms. The number of carbonyl (C=O) groups excluding carboxylic acids is 1. The van der Waals surface area contributed by atoms with E-state index in [4.69, 9.17) is 0 Å². The average molecular weight is 248 g/mol. The molecule has 1 atom stereocenters. The third kappa shape index (κ3) is 2.70. The van der Waals surface area contributed by atoms with Crippen molar-refractivity contribution in [2.45, 2.75) is 56.3 Å². The molecule has 0 aromatic carbocycles. The summed E-state index contributed by atoms with van der Waals surface area (Å²) in [5.41, 5.74) is 0. The van der Waals surface area contributed by atoms with Crippen LogP contribution in [-0.2, 0) is 4.79 Å². The van der Waals surface area contributed by atoms with Gasteiger partial charge in [-0.1, -0.05) is 35.7 Å². The summed E-state index contributed by atoms with van der Waals surface area (Å²) in [6, 6.07) is 0.294. The molecule has 0 radical (unpaired) electrons. The van der Waals surface area contributed by atoms with Gasteiger partial charge in [-0.05, 0) is 26.2 Å². The molecule has 0 saturated heterocycles. The number of nitrogens with one attached hydrogen (secondary N) is 1. The van der Waals surface area contributed by atoms with E-state index in [9.17, 15) is 4.79 Å². The van der Waals surface area contributed by atoms with Gasteiger partial charge in [0.05, 0.1) is 0 Å². The molecule has 2 nitrogen and oxygen atoms in total. The number of alkyl halides is 1. The highest BCUT2D eigenvalue weighted by Crippen LogP contribution is 2.37. The Bertz CT molecular complexity index is 187. The first-order valence-electron chi connectivity index (χ1n) is 5.08. The van der Waals surface area contributed by atoms with Crippen molar-refractivity contribution in [2.75, 3.05) is 0 Å². The van der Waals surface area contributed by atoms with E-state index in [-0.39, 0.29) is 10.2 Å². The summed E-state index contributed by atoms with van der Waals surface area (Å²) in [6.45, 7) is 4.13. The zero-order valence-electron chi connectivity index (χ0n) is 8.40. The van der Waals surface area contributed by atoms with Crippen molar-refractivity contribution < 1.29 is 4.79 Å². The zero-order valence-corrected chi connectivity index (χ0v) is 9.99. The number of rotatable bonds is 3. The molecule has 1 aliphatic rings. The second-order valence-electron chi connectivity index (χ2n) is 3.96. The standard InChI is InChI=1S/C10H18BrNO/c1-3-8(2)12-9(13)10(11)6-4-5-7-10/h8H,3-7H2,1-2H3,(H,12,13). The lowest BCUT2D eigenvalue weighted by molar-refractivity contribution is -0.123. The van der Waals surface area contributed by atoms with E-state index in [1.807, 2.05) is 6.92 Å². The Morgan fingerprint density at radius 2 is 2.08 bits per heavy atom. The third-order valence-corrected chi connectivity index (χ3v) is 3.95. The topological polar surface area (TPSA) is 29.1 Å². The second-order valence-corrected chi connectivity index (χ2v) is 5.47. The SMILES string of the molecule is CCC(C)NC(=O)C1(Br)CCCC1. The van der Waals surface area contributed by atoms with Gasteiger partial charge < -0.3 is 5.32 Å². The van der Waals surface area contributed by atoms with Crippen LogP contribution in [0.4, 0.5) is 0 Å². The molecule has 0 spiro atoms. The van der Waals surface area contributed by atoms with Gasteiger partial charge >= 0.3 is 0 Å². The highest BCUT2D eigenvalue weighted by Gasteiger charge is 2.38. The Labute approximate surface area is 88.6 Å². The van der Waals surface area contributed by atoms with Gasteiger partial charge in [0.1, 0.15) is 4.32 Å². The minimum atomic E-state index is -0.254. The third-order valence-electron chi connectivity index (χ3n) is 2.79. The summed E-state index contributed by atoms with van der Waals surface area (Å²) in [5.74, 6) is 0.180. The van der Waals surface area contributed by atoms with Crippen LogP contribution >= 0.6 is 15.9 Å². The van der Waals surface area contributed by atoms with Crippen LogP contribution in [0.2, 0.25) is 0 Å². The van der Waals surface area contributed by atoms with E-state index in [1.54, 1.807) is 0 Å². The number of hydrogen-bond donors (Lipinski definition) is 1. The van der Waals surface area contributed by atoms with Crippen molar-refractivity contribution in [1.29, 1.82) is 0 Å². The Morgan fingerprint density at radius 3 is 2.54 bits per heavy atom. The number of carbonyl (C=O) groups is 1. The van der Waals surface area contributed by atoms with Crippen LogP contribution in [0.3, 0.4) is 0 Å². The van der Waals surface area contributed by atoms with Crippen LogP contribution in [0.15, 0.2) is 0 Å². The quantitative estimate of drug-likeness (QED) is 0.764. The van der Waals surface area contributed by atoms with Crippen LogP contribution in [0, 0.1) is 0 Å². The monoisotopic (exact) mass is 247 g/mol. The lowest BCUT2D eigenvalue weighted by atomic mass is 10.1. The van der Waals surface area contributed by atoms with E-state index in [0.29, 0.717) is 6.04 Å². The number of hydrogen-bond acceptors (Lipinski definition) is 1. The molecule has 0 aliphatic heterocycles. The number of amides is 1. The summed E-state index contributed by atoms with van der Waals surface area (Å²) in [6.07, 6.45) is 5.29. The van der Waals surface area contributed by atoms with Gasteiger partial charge in [-0.2, -0.15) is 0 Å². The predicted molar refractivity (Wildman–Crippen MR) is 58.0 cm³/mol. The largest absolute Gasteiger partial charge is 0.352 e. The fourth-order valence-corrected chi connectivity index (χ4v) is 2.29. The molecule has 1 fully saturated rings. The maximum atomic E-state index is 11.8. The van der Waals surface area contributed by atoms with Crippen molar-refractivity contribution in [3.63, 3.8) is 0 Å². The molecule has 76 valence electrons. The zero-order chi connectivity index (χ0) is 9.90. The molecule has 1 aliphatic carbocycles. The molecule has 0 heterocycles. The molecule has 3 heteroatoms. The fourth-order valence-electron chi connectivity index (χ4n) is 1.62. The minimum Gasteiger partial charge on any atom is -0.352 e. The van der Waals surface area contributed by atoms with E-state index in [1.165, 1.54) is 12.8 Å². The van der Waals surface area contributed by atoms with Crippen molar-refractivity contribution in [1.82, 2.24) is 5.32 Å². The van der Waals surface area contributed by atoms with Crippen molar-refractivity contribution in [3.05, 3.63) is 0 Å². The molecular weight excluding hydrogens is 230 g/mol. The maximum absolute atomic E-state index is 11.8. The van der Waals surface area contributed by atoms with Crippen LogP contribution in [0.5, 0.6) is 0 Å². The van der Waals surface area contributed by atoms with E-state index in [2.05, 4.69) is 28.2 Å². The van der Waals surface area contributed by atoms with Gasteiger partial charge in [0, 0.05) is 6.04 Å². The Kier molecular flexibility index (Phi) is 3.77. The van der Waals surface area contributed by atoms with E-state index >= 15 is 0 Å². The molecular formula is C10H18BrNO. The Hall–Kier alpha value is -0.0500. The predicted octanol–water partition coefficient (Wildman–Crippen LogP) is 2.61. The van der Waals surface area contributed by atoms with Gasteiger partial charge in [0.15, 0.2) is 0 Å². The van der Waals surface area contributed by atoms with E-state index < -0.39 is 0 Å². The van der Waals surface area contributed by atoms with Crippen LogP contribution in [0.25, 0.3) is 0 Å². The Morgan fingerprint density at radius 1 is 1.54 bits per heavy atom. The summed E-state index contributed by atoms with van der Waals surface area (Å²) < 4.78 is -0.254. The fraction of sp³-hybridized carbons (Fsp3) is 0.900. The maximum Gasteiger partial charge on any atom is 0.237 e. The second kappa shape index (κ2) is 4.45. The summed E-state index contributed by atoms with van der Waals surface area (Å²) in [7, 11) is 0. The first-order chi connectivity index (χ1) is 6.08. The van der Waals surface area contributed by atoms with E-state index in [0.717, 1.165) is 19.3 Å². The van der Waals surface area contributed by atoms with Gasteiger partial charge in [-0.25, -0.2) is 0 Å². The first-order valence-corrected chi connectivity index (χ1v) is 5.87. The molecule has 1 amide bonds. The smallest absolute Gasteiger partial charge is 0.237 e. The molecule has 1 unspecified atom stereocenters. The van der Waals surface area contributed by atoms with Gasteiger partial charge in [0.25, 0.3) is 0 Å². The molecule has 0 aromatic heterocycles. The minimum absolute atomic E-state index is 0.180. The lowest BCUT2D eigenvalue weighted by Crippen LogP contribution is -2.44. The normalized spacial score (nSPS) is 22.7. The Balaban J connectivity index is 2.46. The van der Waals surface area contributed by atoms with Gasteiger partial charge in [-0.3, -0.25) is 4.79 Å². The molecule has 0 bridgehead atoms. The highest BCUT2D eigenvalue weighted by molar-refractivity contribution is 9.10. The summed E-state index contributed by atoms with van der Waals surface area (Å²) >= 11 is 3.56. The van der Waals surface area contributed by atoms with Crippen LogP contribution in [0.1, 0.15) is 46.0 Å². The lowest BCUT2D eigenvalue weighted by Gasteiger charge is -2.22. The molecule has 1 rings (SSSR count). The van der Waals surface area contributed by atoms with Crippen molar-refractivity contribution in [2.24, 2.45) is 0 Å². The van der Waals surface area contributed by atoms with Crippen LogP contribution < -0.4 is 5.32 Å². The summed E-state index contributed by atoms with van der Waals surface area (Å²) in [5, 5.41) is 3.03.